The standard InChI is InChI=1S/C25H15Cl3F3N3O3/c26-15-4-1-5-16(27)19(15)23(35)34-18(24(36)37)11-12-6-7-14(13-3-2-9-32-21(12)13)22-20(25(29,30)31)17(28)8-10-33-22/h1-10,18H,11H2,(H,34,35)(H,36,37)/t18-/m0/s1. The molecule has 4 rings (SSSR count). The maximum atomic E-state index is 13.8. The third-order valence-corrected chi connectivity index (χ3v) is 6.45. The summed E-state index contributed by atoms with van der Waals surface area (Å²) in [6.45, 7) is 0. The molecular weight excluding hydrogens is 554 g/mol. The van der Waals surface area contributed by atoms with E-state index in [4.69, 9.17) is 34.8 Å². The normalized spacial score (nSPS) is 12.4. The summed E-state index contributed by atoms with van der Waals surface area (Å²) in [6, 6.07) is 9.94. The molecule has 190 valence electrons. The van der Waals surface area contributed by atoms with Crippen LogP contribution in [-0.4, -0.2) is 33.0 Å². The van der Waals surface area contributed by atoms with Crippen LogP contribution in [0.5, 0.6) is 0 Å². The Labute approximate surface area is 223 Å². The summed E-state index contributed by atoms with van der Waals surface area (Å²) >= 11 is 18.0. The zero-order valence-electron chi connectivity index (χ0n) is 18.5. The number of carbonyl (C=O) groups is 2. The van der Waals surface area contributed by atoms with E-state index in [0.29, 0.717) is 10.9 Å². The van der Waals surface area contributed by atoms with Crippen molar-refractivity contribution in [1.82, 2.24) is 15.3 Å². The number of rotatable bonds is 6. The summed E-state index contributed by atoms with van der Waals surface area (Å²) < 4.78 is 41.4. The van der Waals surface area contributed by atoms with Gasteiger partial charge in [0.15, 0.2) is 0 Å². The van der Waals surface area contributed by atoms with Crippen molar-refractivity contribution in [2.24, 2.45) is 0 Å². The van der Waals surface area contributed by atoms with E-state index in [2.05, 4.69) is 15.3 Å². The fraction of sp³-hybridized carbons (Fsp3) is 0.120. The maximum absolute atomic E-state index is 13.8. The molecule has 12 heteroatoms. The topological polar surface area (TPSA) is 92.2 Å². The number of fused-ring (bicyclic) bond motifs is 1. The van der Waals surface area contributed by atoms with Crippen molar-refractivity contribution < 1.29 is 27.9 Å². The molecule has 0 spiro atoms. The Balaban J connectivity index is 1.76. The molecular formula is C25H15Cl3F3N3O3. The first kappa shape index (κ1) is 26.7. The first-order valence-electron chi connectivity index (χ1n) is 10.6. The second kappa shape index (κ2) is 10.5. The highest BCUT2D eigenvalue weighted by Crippen LogP contribution is 2.42. The summed E-state index contributed by atoms with van der Waals surface area (Å²) in [4.78, 5) is 33.0. The monoisotopic (exact) mass is 567 g/mol. The van der Waals surface area contributed by atoms with Crippen molar-refractivity contribution in [1.29, 1.82) is 0 Å². The fourth-order valence-corrected chi connectivity index (χ4v) is 4.70. The molecule has 2 aromatic heterocycles. The predicted octanol–water partition coefficient (Wildman–Crippen LogP) is 6.70. The number of alkyl halides is 3. The van der Waals surface area contributed by atoms with Crippen LogP contribution in [0.4, 0.5) is 13.2 Å². The molecule has 2 N–H and O–H groups in total. The molecule has 1 atom stereocenters. The minimum atomic E-state index is -4.77. The summed E-state index contributed by atoms with van der Waals surface area (Å²) in [5, 5.41) is 12.0. The molecule has 4 aromatic rings. The van der Waals surface area contributed by atoms with Gasteiger partial charge in [0.05, 0.1) is 31.8 Å². The average molecular weight is 569 g/mol. The van der Waals surface area contributed by atoms with Crippen LogP contribution in [0, 0.1) is 0 Å². The highest BCUT2D eigenvalue weighted by atomic mass is 35.5. The van der Waals surface area contributed by atoms with Gasteiger partial charge in [0, 0.05) is 29.8 Å². The number of nitrogens with one attached hydrogen (secondary N) is 1. The number of benzene rings is 2. The lowest BCUT2D eigenvalue weighted by molar-refractivity contribution is -0.139. The largest absolute Gasteiger partial charge is 0.480 e. The molecule has 0 radical (unpaired) electrons. The van der Waals surface area contributed by atoms with Gasteiger partial charge in [-0.2, -0.15) is 13.2 Å². The third kappa shape index (κ3) is 5.49. The number of carbonyl (C=O) groups excluding carboxylic acids is 1. The summed E-state index contributed by atoms with van der Waals surface area (Å²) in [5.41, 5.74) is -0.843. The van der Waals surface area contributed by atoms with E-state index < -0.39 is 34.7 Å². The van der Waals surface area contributed by atoms with Gasteiger partial charge in [-0.3, -0.25) is 14.8 Å². The van der Waals surface area contributed by atoms with E-state index >= 15 is 0 Å². The molecule has 0 saturated heterocycles. The van der Waals surface area contributed by atoms with Gasteiger partial charge < -0.3 is 10.4 Å². The van der Waals surface area contributed by atoms with Crippen molar-refractivity contribution in [2.75, 3.05) is 0 Å². The number of carboxylic acid groups (broad SMARTS) is 1. The Morgan fingerprint density at radius 3 is 2.27 bits per heavy atom. The van der Waals surface area contributed by atoms with Crippen molar-refractivity contribution >= 4 is 57.6 Å². The first-order chi connectivity index (χ1) is 17.5. The fourth-order valence-electron chi connectivity index (χ4n) is 3.88. The Hall–Kier alpha value is -3.40. The number of hydrogen-bond acceptors (Lipinski definition) is 4. The zero-order valence-corrected chi connectivity index (χ0v) is 20.8. The summed E-state index contributed by atoms with van der Waals surface area (Å²) in [5.74, 6) is -2.14. The molecule has 0 fully saturated rings. The predicted molar refractivity (Wildman–Crippen MR) is 134 cm³/mol. The Morgan fingerprint density at radius 1 is 0.919 bits per heavy atom. The number of aliphatic carboxylic acids is 1. The van der Waals surface area contributed by atoms with Gasteiger partial charge in [0.25, 0.3) is 5.91 Å². The molecule has 0 unspecified atom stereocenters. The minimum Gasteiger partial charge on any atom is -0.480 e. The second-order valence-corrected chi connectivity index (χ2v) is 9.07. The van der Waals surface area contributed by atoms with Gasteiger partial charge in [0.1, 0.15) is 11.6 Å². The SMILES string of the molecule is O=C(N[C@@H](Cc1ccc(-c2nccc(Cl)c2C(F)(F)F)c2cccnc12)C(=O)O)c1c(Cl)cccc1Cl. The molecule has 2 aromatic carbocycles. The van der Waals surface area contributed by atoms with E-state index in [1.807, 2.05) is 0 Å². The number of aromatic nitrogens is 2. The van der Waals surface area contributed by atoms with Crippen LogP contribution in [0.25, 0.3) is 22.2 Å². The molecule has 0 bridgehead atoms. The Bertz CT molecular complexity index is 1510. The van der Waals surface area contributed by atoms with Gasteiger partial charge in [-0.25, -0.2) is 4.79 Å². The lowest BCUT2D eigenvalue weighted by Crippen LogP contribution is -2.42. The minimum absolute atomic E-state index is 0.0418. The van der Waals surface area contributed by atoms with E-state index in [9.17, 15) is 27.9 Å². The van der Waals surface area contributed by atoms with E-state index in [-0.39, 0.29) is 38.8 Å². The molecule has 6 nitrogen and oxygen atoms in total. The zero-order chi connectivity index (χ0) is 26.9. The van der Waals surface area contributed by atoms with Crippen LogP contribution in [0.3, 0.4) is 0 Å². The van der Waals surface area contributed by atoms with Gasteiger partial charge in [-0.1, -0.05) is 59.1 Å². The Morgan fingerprint density at radius 2 is 1.62 bits per heavy atom. The van der Waals surface area contributed by atoms with Crippen molar-refractivity contribution in [3.63, 3.8) is 0 Å². The average Bonchev–Trinajstić information content (AvgIpc) is 2.82. The van der Waals surface area contributed by atoms with Crippen LogP contribution in [-0.2, 0) is 17.4 Å². The lowest BCUT2D eigenvalue weighted by atomic mass is 9.95. The molecule has 37 heavy (non-hydrogen) atoms. The van der Waals surface area contributed by atoms with Crippen molar-refractivity contribution in [3.05, 3.63) is 92.7 Å². The Kier molecular flexibility index (Phi) is 7.59. The molecule has 0 aliphatic rings. The maximum Gasteiger partial charge on any atom is 0.419 e. The van der Waals surface area contributed by atoms with Crippen LogP contribution < -0.4 is 5.32 Å². The molecule has 0 aliphatic heterocycles. The molecule has 1 amide bonds. The number of carboxylic acids is 1. The van der Waals surface area contributed by atoms with Gasteiger partial charge >= 0.3 is 12.1 Å². The van der Waals surface area contributed by atoms with Crippen molar-refractivity contribution in [2.45, 2.75) is 18.6 Å². The molecule has 2 heterocycles. The van der Waals surface area contributed by atoms with Gasteiger partial charge in [-0.15, -0.1) is 0 Å². The first-order valence-corrected chi connectivity index (χ1v) is 11.7. The number of hydrogen-bond donors (Lipinski definition) is 2. The highest BCUT2D eigenvalue weighted by molar-refractivity contribution is 6.39. The second-order valence-electron chi connectivity index (χ2n) is 7.85. The summed E-state index contributed by atoms with van der Waals surface area (Å²) in [7, 11) is 0. The molecule has 0 aliphatic carbocycles. The quantitative estimate of drug-likeness (QED) is 0.270. The highest BCUT2D eigenvalue weighted by Gasteiger charge is 2.37. The third-order valence-electron chi connectivity index (χ3n) is 5.51. The van der Waals surface area contributed by atoms with E-state index in [1.54, 1.807) is 6.07 Å². The smallest absolute Gasteiger partial charge is 0.419 e. The molecule has 0 saturated carbocycles. The summed E-state index contributed by atoms with van der Waals surface area (Å²) in [6.07, 6.45) is -2.42. The van der Waals surface area contributed by atoms with Gasteiger partial charge in [-0.05, 0) is 29.8 Å². The van der Waals surface area contributed by atoms with Crippen LogP contribution in [0.1, 0.15) is 21.5 Å². The lowest BCUT2D eigenvalue weighted by Gasteiger charge is -2.18. The number of nitrogens with zero attached hydrogens (tertiary/aromatic N) is 2. The van der Waals surface area contributed by atoms with E-state index in [0.717, 1.165) is 6.07 Å². The van der Waals surface area contributed by atoms with Crippen LogP contribution >= 0.6 is 34.8 Å². The van der Waals surface area contributed by atoms with Crippen LogP contribution in [0.2, 0.25) is 15.1 Å². The number of halogens is 6. The number of pyridine rings is 2. The van der Waals surface area contributed by atoms with Crippen molar-refractivity contribution in [3.8, 4) is 11.3 Å². The number of amides is 1. The van der Waals surface area contributed by atoms with Gasteiger partial charge in [0.2, 0.25) is 0 Å². The van der Waals surface area contributed by atoms with E-state index in [1.165, 1.54) is 48.8 Å². The van der Waals surface area contributed by atoms with Crippen LogP contribution in [0.15, 0.2) is 60.9 Å².